The number of esters is 3. The van der Waals surface area contributed by atoms with Crippen molar-refractivity contribution in [1.29, 1.82) is 0 Å². The maximum atomic E-state index is 12.8. The van der Waals surface area contributed by atoms with Crippen LogP contribution in [-0.4, -0.2) is 124 Å². The van der Waals surface area contributed by atoms with Gasteiger partial charge >= 0.3 is 17.9 Å². The Morgan fingerprint density at radius 2 is 1.76 bits per heavy atom. The van der Waals surface area contributed by atoms with Gasteiger partial charge in [0.1, 0.15) is 36.6 Å². The van der Waals surface area contributed by atoms with E-state index < -0.39 is 104 Å². The molecular weight excluding hydrogens is 504 g/mol. The summed E-state index contributed by atoms with van der Waals surface area (Å²) >= 11 is 0. The molecule has 3 aliphatic rings. The molecular formula is C22H32O15. The first-order chi connectivity index (χ1) is 17.4. The van der Waals surface area contributed by atoms with Crippen LogP contribution in [0.2, 0.25) is 0 Å². The Labute approximate surface area is 211 Å². The molecule has 0 aromatic carbocycles. The lowest BCUT2D eigenvalue weighted by molar-refractivity contribution is -0.345. The molecule has 210 valence electrons. The van der Waals surface area contributed by atoms with Crippen molar-refractivity contribution in [3.05, 3.63) is 11.8 Å². The average Bonchev–Trinajstić information content (AvgIpc) is 2.87. The second-order valence-electron chi connectivity index (χ2n) is 9.12. The highest BCUT2D eigenvalue weighted by Crippen LogP contribution is 2.40. The van der Waals surface area contributed by atoms with Gasteiger partial charge in [-0.25, -0.2) is 9.59 Å². The number of hydrogen-bond acceptors (Lipinski definition) is 15. The summed E-state index contributed by atoms with van der Waals surface area (Å²) in [6.45, 7) is 0.686. The Bertz CT molecular complexity index is 889. The maximum absolute atomic E-state index is 12.8. The predicted molar refractivity (Wildman–Crippen MR) is 115 cm³/mol. The molecule has 0 amide bonds. The van der Waals surface area contributed by atoms with Crippen molar-refractivity contribution in [1.82, 2.24) is 0 Å². The zero-order valence-electron chi connectivity index (χ0n) is 20.3. The molecule has 0 radical (unpaired) electrons. The summed E-state index contributed by atoms with van der Waals surface area (Å²) < 4.78 is 31.9. The van der Waals surface area contributed by atoms with Gasteiger partial charge in [-0.2, -0.15) is 0 Å². The summed E-state index contributed by atoms with van der Waals surface area (Å²) in [6, 6.07) is 0. The van der Waals surface area contributed by atoms with E-state index >= 15 is 0 Å². The van der Waals surface area contributed by atoms with Gasteiger partial charge in [0.05, 0.1) is 44.5 Å². The smallest absolute Gasteiger partial charge is 0.344 e. The van der Waals surface area contributed by atoms with Gasteiger partial charge in [-0.05, 0) is 13.8 Å². The lowest BCUT2D eigenvalue weighted by Crippen LogP contribution is -2.61. The summed E-state index contributed by atoms with van der Waals surface area (Å²) in [5, 5.41) is 60.2. The Kier molecular flexibility index (Phi) is 9.13. The molecule has 3 rings (SSSR count). The monoisotopic (exact) mass is 536 g/mol. The van der Waals surface area contributed by atoms with Crippen molar-refractivity contribution in [3.8, 4) is 0 Å². The summed E-state index contributed by atoms with van der Waals surface area (Å²) in [5.74, 6) is -5.44. The fourth-order valence-corrected chi connectivity index (χ4v) is 4.49. The minimum absolute atomic E-state index is 0.133. The molecule has 37 heavy (non-hydrogen) atoms. The molecule has 0 aromatic rings. The van der Waals surface area contributed by atoms with E-state index in [1.54, 1.807) is 0 Å². The Balaban J connectivity index is 2.00. The standard InChI is InChI=1S/C22H32O15/c1-8-14-10(4-13(25)35-9(2)22(31,7-24)21(30)34-8)11(18(29)32-3)6-33-19(14)37-20-17(28)16(27)15(26)12(5-23)36-20/h6,8-10,12,14-17,19-20,23-24,26-28,31H,4-5,7H2,1-3H3/t8-,9-,10+,12+,14+,15+,16-,17+,19-,20-,22+/m0/s1. The van der Waals surface area contributed by atoms with Crippen LogP contribution in [-0.2, 0) is 42.8 Å². The van der Waals surface area contributed by atoms with Gasteiger partial charge in [0.25, 0.3) is 0 Å². The van der Waals surface area contributed by atoms with Crippen molar-refractivity contribution in [2.24, 2.45) is 11.8 Å². The first kappa shape index (κ1) is 29.2. The second kappa shape index (κ2) is 11.6. The van der Waals surface area contributed by atoms with Crippen LogP contribution in [0.25, 0.3) is 0 Å². The number of methoxy groups -OCH3 is 1. The number of aliphatic hydroxyl groups is 6. The molecule has 6 N–H and O–H groups in total. The van der Waals surface area contributed by atoms with Gasteiger partial charge in [0, 0.05) is 5.92 Å². The van der Waals surface area contributed by atoms with E-state index in [0.717, 1.165) is 13.4 Å². The van der Waals surface area contributed by atoms with Crippen LogP contribution >= 0.6 is 0 Å². The summed E-state index contributed by atoms with van der Waals surface area (Å²) in [5.41, 5.74) is -2.73. The van der Waals surface area contributed by atoms with Gasteiger partial charge in [0.15, 0.2) is 6.29 Å². The number of carbonyl (C=O) groups excluding carboxylic acids is 3. The third kappa shape index (κ3) is 5.58. The van der Waals surface area contributed by atoms with Crippen molar-refractivity contribution in [2.45, 2.75) is 75.1 Å². The van der Waals surface area contributed by atoms with E-state index in [4.69, 9.17) is 28.4 Å². The van der Waals surface area contributed by atoms with Crippen LogP contribution in [0.4, 0.5) is 0 Å². The minimum Gasteiger partial charge on any atom is -0.471 e. The molecule has 2 saturated heterocycles. The van der Waals surface area contributed by atoms with Gasteiger partial charge in [-0.1, -0.05) is 0 Å². The van der Waals surface area contributed by atoms with Crippen LogP contribution < -0.4 is 0 Å². The van der Waals surface area contributed by atoms with E-state index in [9.17, 15) is 45.0 Å². The molecule has 0 saturated carbocycles. The highest BCUT2D eigenvalue weighted by atomic mass is 16.8. The summed E-state index contributed by atoms with van der Waals surface area (Å²) in [4.78, 5) is 38.0. The molecule has 11 atom stereocenters. The number of fused-ring (bicyclic) bond motifs is 1. The third-order valence-corrected chi connectivity index (χ3v) is 6.84. The van der Waals surface area contributed by atoms with Crippen molar-refractivity contribution in [2.75, 3.05) is 20.3 Å². The zero-order valence-corrected chi connectivity index (χ0v) is 20.3. The lowest BCUT2D eigenvalue weighted by atomic mass is 9.78. The van der Waals surface area contributed by atoms with E-state index in [-0.39, 0.29) is 5.57 Å². The number of carbonyl (C=O) groups is 3. The van der Waals surface area contributed by atoms with E-state index in [1.165, 1.54) is 13.8 Å². The number of ether oxygens (including phenoxy) is 6. The van der Waals surface area contributed by atoms with Crippen molar-refractivity contribution >= 4 is 17.9 Å². The lowest BCUT2D eigenvalue weighted by Gasteiger charge is -2.45. The Morgan fingerprint density at radius 3 is 2.35 bits per heavy atom. The highest BCUT2D eigenvalue weighted by Gasteiger charge is 2.53. The van der Waals surface area contributed by atoms with Crippen molar-refractivity contribution in [3.63, 3.8) is 0 Å². The highest BCUT2D eigenvalue weighted by molar-refractivity contribution is 5.90. The summed E-state index contributed by atoms with van der Waals surface area (Å²) in [6.07, 6.45) is -12.0. The van der Waals surface area contributed by atoms with E-state index in [2.05, 4.69) is 0 Å². The van der Waals surface area contributed by atoms with E-state index in [1.807, 2.05) is 0 Å². The molecule has 15 nitrogen and oxygen atoms in total. The van der Waals surface area contributed by atoms with Crippen molar-refractivity contribution < 1.29 is 73.4 Å². The third-order valence-electron chi connectivity index (χ3n) is 6.84. The molecule has 0 aliphatic carbocycles. The van der Waals surface area contributed by atoms with Gasteiger partial charge in [-0.15, -0.1) is 0 Å². The molecule has 0 unspecified atom stereocenters. The molecule has 15 heteroatoms. The molecule has 3 aliphatic heterocycles. The molecule has 2 fully saturated rings. The summed E-state index contributed by atoms with van der Waals surface area (Å²) in [7, 11) is 1.10. The van der Waals surface area contributed by atoms with Crippen LogP contribution in [0.15, 0.2) is 11.8 Å². The van der Waals surface area contributed by atoms with Crippen LogP contribution in [0.5, 0.6) is 0 Å². The number of rotatable bonds is 5. The topological polar surface area (TPSA) is 228 Å². The van der Waals surface area contributed by atoms with Crippen LogP contribution in [0.1, 0.15) is 20.3 Å². The maximum Gasteiger partial charge on any atom is 0.344 e. The quantitative estimate of drug-likeness (QED) is 0.148. The predicted octanol–water partition coefficient (Wildman–Crippen LogP) is -3.56. The first-order valence-corrected chi connectivity index (χ1v) is 11.5. The van der Waals surface area contributed by atoms with Gasteiger partial charge in [0.2, 0.25) is 11.9 Å². The normalized spacial score (nSPS) is 42.9. The second-order valence-corrected chi connectivity index (χ2v) is 9.12. The van der Waals surface area contributed by atoms with Gasteiger partial charge in [-0.3, -0.25) is 4.79 Å². The average molecular weight is 536 g/mol. The first-order valence-electron chi connectivity index (χ1n) is 11.5. The van der Waals surface area contributed by atoms with Crippen LogP contribution in [0.3, 0.4) is 0 Å². The molecule has 0 bridgehead atoms. The van der Waals surface area contributed by atoms with Gasteiger partial charge < -0.3 is 59.1 Å². The SMILES string of the molecule is COC(=O)C1=CO[C@@H](O[C@@H]2O[C@H](CO)[C@@H](O)[C@H](O)[C@H]2O)[C@@H]2[C@H](C)OC(=O)[C@@](O)(CO)[C@H](C)OC(=O)C[C@H]12. The zero-order chi connectivity index (χ0) is 27.7. The Morgan fingerprint density at radius 1 is 1.08 bits per heavy atom. The fourth-order valence-electron chi connectivity index (χ4n) is 4.49. The molecule has 3 heterocycles. The largest absolute Gasteiger partial charge is 0.471 e. The van der Waals surface area contributed by atoms with E-state index in [0.29, 0.717) is 0 Å². The fraction of sp³-hybridized carbons (Fsp3) is 0.773. The number of cyclic esters (lactones) is 2. The number of aliphatic hydroxyl groups excluding tert-OH is 5. The molecule has 0 aromatic heterocycles. The number of hydrogen-bond donors (Lipinski definition) is 6. The minimum atomic E-state index is -2.60. The Hall–Kier alpha value is -2.37. The molecule has 0 spiro atoms. The van der Waals surface area contributed by atoms with Crippen LogP contribution in [0, 0.1) is 11.8 Å².